The molecule has 0 aromatic heterocycles. The van der Waals surface area contributed by atoms with Gasteiger partial charge in [-0.25, -0.2) is 0 Å². The van der Waals surface area contributed by atoms with Crippen molar-refractivity contribution in [3.63, 3.8) is 0 Å². The third kappa shape index (κ3) is 4.25. The Kier molecular flexibility index (Phi) is 5.68. The van der Waals surface area contributed by atoms with Crippen LogP contribution in [0.4, 0.5) is 11.4 Å². The highest BCUT2D eigenvalue weighted by atomic mass is 15.1. The van der Waals surface area contributed by atoms with Crippen molar-refractivity contribution in [2.75, 3.05) is 24.3 Å². The van der Waals surface area contributed by atoms with Crippen molar-refractivity contribution in [3.8, 4) is 0 Å². The lowest BCUT2D eigenvalue weighted by Crippen LogP contribution is -2.15. The number of benzene rings is 2. The van der Waals surface area contributed by atoms with E-state index in [1.807, 2.05) is 0 Å². The molecule has 0 radical (unpaired) electrons. The first-order chi connectivity index (χ1) is 10.2. The number of nitrogens with one attached hydrogen (secondary N) is 1. The zero-order valence-corrected chi connectivity index (χ0v) is 13.3. The number of hydrogen-bond donors (Lipinski definition) is 1. The molecule has 21 heavy (non-hydrogen) atoms. The molecule has 2 rings (SSSR count). The maximum Gasteiger partial charge on any atom is 0.0596 e. The maximum atomic E-state index is 3.74. The fourth-order valence-corrected chi connectivity index (χ4v) is 2.59. The maximum absolute atomic E-state index is 3.74. The molecule has 0 aliphatic carbocycles. The van der Waals surface area contributed by atoms with Crippen molar-refractivity contribution >= 4 is 11.4 Å². The molecule has 1 N–H and O–H groups in total. The Labute approximate surface area is 128 Å². The lowest BCUT2D eigenvalue weighted by molar-refractivity contribution is 0.634. The Balaban J connectivity index is 2.23. The number of hydrogen-bond acceptors (Lipinski definition) is 2. The molecule has 2 aromatic carbocycles. The summed E-state index contributed by atoms with van der Waals surface area (Å²) >= 11 is 0. The van der Waals surface area contributed by atoms with Gasteiger partial charge in [0.25, 0.3) is 0 Å². The predicted molar refractivity (Wildman–Crippen MR) is 93.1 cm³/mol. The van der Waals surface area contributed by atoms with E-state index in [1.54, 1.807) is 0 Å². The van der Waals surface area contributed by atoms with Crippen molar-refractivity contribution in [3.05, 3.63) is 60.2 Å². The molecule has 2 aromatic rings. The minimum atomic E-state index is 0.368. The number of rotatable bonds is 7. The van der Waals surface area contributed by atoms with Gasteiger partial charge in [0.1, 0.15) is 0 Å². The quantitative estimate of drug-likeness (QED) is 0.760. The summed E-state index contributed by atoms with van der Waals surface area (Å²) in [6.45, 7) is 2.25. The average Bonchev–Trinajstić information content (AvgIpc) is 2.52. The van der Waals surface area contributed by atoms with Gasteiger partial charge in [-0.1, -0.05) is 62.2 Å². The first-order valence-electron chi connectivity index (χ1n) is 7.80. The Hall–Kier alpha value is -1.96. The van der Waals surface area contributed by atoms with Gasteiger partial charge in [-0.05, 0) is 24.1 Å². The lowest BCUT2D eigenvalue weighted by Gasteiger charge is -2.24. The van der Waals surface area contributed by atoms with Gasteiger partial charge in [-0.15, -0.1) is 0 Å². The van der Waals surface area contributed by atoms with Crippen molar-refractivity contribution < 1.29 is 0 Å². The molecule has 0 saturated heterocycles. The third-order valence-corrected chi connectivity index (χ3v) is 3.76. The van der Waals surface area contributed by atoms with Gasteiger partial charge >= 0.3 is 0 Å². The monoisotopic (exact) mass is 282 g/mol. The third-order valence-electron chi connectivity index (χ3n) is 3.76. The number of nitrogens with zero attached hydrogens (tertiary/aromatic N) is 1. The van der Waals surface area contributed by atoms with Crippen molar-refractivity contribution in [2.45, 2.75) is 32.2 Å². The second kappa shape index (κ2) is 7.72. The molecule has 0 aliphatic rings. The van der Waals surface area contributed by atoms with Crippen LogP contribution < -0.4 is 10.2 Å². The van der Waals surface area contributed by atoms with E-state index in [9.17, 15) is 0 Å². The topological polar surface area (TPSA) is 15.3 Å². The van der Waals surface area contributed by atoms with Crippen LogP contribution in [0.3, 0.4) is 0 Å². The molecular formula is C19H26N2. The number of para-hydroxylation sites is 2. The van der Waals surface area contributed by atoms with Crippen LogP contribution in [-0.4, -0.2) is 14.1 Å². The molecule has 112 valence electrons. The summed E-state index contributed by atoms with van der Waals surface area (Å²) in [5, 5.41) is 3.74. The Morgan fingerprint density at radius 3 is 2.29 bits per heavy atom. The van der Waals surface area contributed by atoms with E-state index < -0.39 is 0 Å². The van der Waals surface area contributed by atoms with Gasteiger partial charge in [-0.3, -0.25) is 0 Å². The van der Waals surface area contributed by atoms with Crippen LogP contribution in [0, 0.1) is 0 Å². The second-order valence-corrected chi connectivity index (χ2v) is 5.66. The minimum absolute atomic E-state index is 0.368. The van der Waals surface area contributed by atoms with E-state index in [4.69, 9.17) is 0 Å². The van der Waals surface area contributed by atoms with Crippen LogP contribution in [0.2, 0.25) is 0 Å². The molecule has 0 spiro atoms. The minimum Gasteiger partial charge on any atom is -0.377 e. The zero-order valence-electron chi connectivity index (χ0n) is 13.3. The van der Waals surface area contributed by atoms with Gasteiger partial charge in [0.2, 0.25) is 0 Å². The van der Waals surface area contributed by atoms with E-state index in [1.165, 1.54) is 29.8 Å². The Morgan fingerprint density at radius 1 is 0.952 bits per heavy atom. The van der Waals surface area contributed by atoms with Crippen LogP contribution in [0.5, 0.6) is 0 Å². The fourth-order valence-electron chi connectivity index (χ4n) is 2.59. The Bertz CT molecular complexity index is 534. The highest BCUT2D eigenvalue weighted by molar-refractivity contribution is 5.69. The standard InChI is InChI=1S/C19H26N2/c1-4-5-13-17(16-11-7-6-8-12-16)20-18-14-9-10-15-19(18)21(2)3/h6-12,14-15,17,20H,4-5,13H2,1-3H3. The number of anilines is 2. The van der Waals surface area contributed by atoms with E-state index in [2.05, 4.69) is 85.8 Å². The molecule has 1 unspecified atom stereocenters. The molecule has 2 nitrogen and oxygen atoms in total. The van der Waals surface area contributed by atoms with Crippen molar-refractivity contribution in [1.29, 1.82) is 0 Å². The van der Waals surface area contributed by atoms with Gasteiger partial charge in [0.05, 0.1) is 17.4 Å². The van der Waals surface area contributed by atoms with E-state index in [0.29, 0.717) is 6.04 Å². The summed E-state index contributed by atoms with van der Waals surface area (Å²) in [7, 11) is 4.17. The summed E-state index contributed by atoms with van der Waals surface area (Å²) in [5.74, 6) is 0. The SMILES string of the molecule is CCCCC(Nc1ccccc1N(C)C)c1ccccc1. The molecule has 2 heteroatoms. The lowest BCUT2D eigenvalue weighted by atomic mass is 10.0. The van der Waals surface area contributed by atoms with E-state index >= 15 is 0 Å². The summed E-state index contributed by atoms with van der Waals surface area (Å²) in [5.41, 5.74) is 3.79. The van der Waals surface area contributed by atoms with Gasteiger partial charge in [-0.2, -0.15) is 0 Å². The highest BCUT2D eigenvalue weighted by Crippen LogP contribution is 2.30. The molecule has 0 saturated carbocycles. The molecule has 0 aliphatic heterocycles. The zero-order chi connectivity index (χ0) is 15.1. The highest BCUT2D eigenvalue weighted by Gasteiger charge is 2.13. The summed E-state index contributed by atoms with van der Waals surface area (Å²) in [6.07, 6.45) is 3.61. The largest absolute Gasteiger partial charge is 0.377 e. The van der Waals surface area contributed by atoms with Crippen molar-refractivity contribution in [1.82, 2.24) is 0 Å². The second-order valence-electron chi connectivity index (χ2n) is 5.66. The normalized spacial score (nSPS) is 12.0. The molecular weight excluding hydrogens is 256 g/mol. The van der Waals surface area contributed by atoms with Crippen LogP contribution in [0.15, 0.2) is 54.6 Å². The van der Waals surface area contributed by atoms with Crippen LogP contribution in [0.1, 0.15) is 37.8 Å². The summed E-state index contributed by atoms with van der Waals surface area (Å²) < 4.78 is 0. The van der Waals surface area contributed by atoms with Crippen LogP contribution >= 0.6 is 0 Å². The van der Waals surface area contributed by atoms with E-state index in [0.717, 1.165) is 6.42 Å². The van der Waals surface area contributed by atoms with E-state index in [-0.39, 0.29) is 0 Å². The van der Waals surface area contributed by atoms with Crippen LogP contribution in [0.25, 0.3) is 0 Å². The first kappa shape index (κ1) is 15.4. The fraction of sp³-hybridized carbons (Fsp3) is 0.368. The van der Waals surface area contributed by atoms with Gasteiger partial charge in [0, 0.05) is 14.1 Å². The van der Waals surface area contributed by atoms with Crippen molar-refractivity contribution in [2.24, 2.45) is 0 Å². The molecule has 0 fully saturated rings. The smallest absolute Gasteiger partial charge is 0.0596 e. The summed E-state index contributed by atoms with van der Waals surface area (Å²) in [6, 6.07) is 19.6. The number of unbranched alkanes of at least 4 members (excludes halogenated alkanes) is 1. The first-order valence-corrected chi connectivity index (χ1v) is 7.80. The molecule has 0 amide bonds. The van der Waals surface area contributed by atoms with Gasteiger partial charge < -0.3 is 10.2 Å². The van der Waals surface area contributed by atoms with Crippen LogP contribution in [-0.2, 0) is 0 Å². The average molecular weight is 282 g/mol. The van der Waals surface area contributed by atoms with Gasteiger partial charge in [0.15, 0.2) is 0 Å². The predicted octanol–water partition coefficient (Wildman–Crippen LogP) is 5.10. The molecule has 0 bridgehead atoms. The molecule has 1 atom stereocenters. The summed E-state index contributed by atoms with van der Waals surface area (Å²) in [4.78, 5) is 2.16. The Morgan fingerprint density at radius 2 is 1.62 bits per heavy atom. The molecule has 0 heterocycles.